The Labute approximate surface area is 224 Å². The summed E-state index contributed by atoms with van der Waals surface area (Å²) in [5.41, 5.74) is 8.70. The smallest absolute Gasteiger partial charge is 0.349 e. The van der Waals surface area contributed by atoms with Crippen LogP contribution in [-0.4, -0.2) is 12.6 Å². The fourth-order valence-corrected chi connectivity index (χ4v) is 4.17. The van der Waals surface area contributed by atoms with Crippen LogP contribution in [0.3, 0.4) is 0 Å². The highest BCUT2D eigenvalue weighted by atomic mass is 19.1. The lowest BCUT2D eigenvalue weighted by atomic mass is 9.83. The fourth-order valence-electron chi connectivity index (χ4n) is 4.17. The predicted octanol–water partition coefficient (Wildman–Crippen LogP) is 5.61. The van der Waals surface area contributed by atoms with Gasteiger partial charge >= 0.3 is 5.97 Å². The molecule has 0 bridgehead atoms. The Bertz CT molecular complexity index is 1550. The number of esters is 1. The number of rotatable bonds is 8. The van der Waals surface area contributed by atoms with Gasteiger partial charge in [-0.25, -0.2) is 9.18 Å². The Morgan fingerprint density at radius 1 is 0.897 bits per heavy atom. The van der Waals surface area contributed by atoms with E-state index in [1.54, 1.807) is 66.7 Å². The summed E-state index contributed by atoms with van der Waals surface area (Å²) in [6.45, 7) is 0.0225. The number of halogens is 1. The van der Waals surface area contributed by atoms with Gasteiger partial charge in [-0.05, 0) is 53.6 Å². The molecule has 0 amide bonds. The Hall–Kier alpha value is -5.29. The van der Waals surface area contributed by atoms with E-state index in [1.165, 1.54) is 12.1 Å². The van der Waals surface area contributed by atoms with E-state index in [-0.39, 0.29) is 36.2 Å². The Morgan fingerprint density at radius 3 is 2.31 bits per heavy atom. The van der Waals surface area contributed by atoms with Crippen LogP contribution in [-0.2, 0) is 11.4 Å². The highest BCUT2D eigenvalue weighted by molar-refractivity contribution is 5.74. The molecule has 0 aromatic heterocycles. The zero-order valence-corrected chi connectivity index (χ0v) is 20.7. The molecule has 2 N–H and O–H groups in total. The van der Waals surface area contributed by atoms with Crippen LogP contribution in [0.2, 0.25) is 0 Å². The molecular weight excluding hydrogens is 499 g/mol. The minimum absolute atomic E-state index is 0.0254. The highest BCUT2D eigenvalue weighted by Gasteiger charge is 2.31. The molecule has 0 aliphatic carbocycles. The number of nitrogens with two attached hydrogens (primary N) is 1. The van der Waals surface area contributed by atoms with Gasteiger partial charge in [0, 0.05) is 11.6 Å². The molecule has 0 radical (unpaired) electrons. The number of hydrogen-bond donors (Lipinski definition) is 1. The van der Waals surface area contributed by atoms with Crippen molar-refractivity contribution in [1.29, 1.82) is 5.26 Å². The number of fused-ring (bicyclic) bond motifs is 1. The van der Waals surface area contributed by atoms with E-state index in [4.69, 9.17) is 24.7 Å². The Morgan fingerprint density at radius 2 is 1.59 bits per heavy atom. The normalized spacial score (nSPS) is 14.0. The molecular formula is C31H23FN2O5. The van der Waals surface area contributed by atoms with Gasteiger partial charge in [0.15, 0.2) is 6.61 Å². The molecule has 1 aliphatic rings. The molecule has 0 saturated heterocycles. The maximum atomic E-state index is 13.1. The minimum Gasteiger partial charge on any atom is -0.489 e. The topological polar surface area (TPSA) is 104 Å². The average Bonchev–Trinajstić information content (AvgIpc) is 2.96. The first-order valence-electron chi connectivity index (χ1n) is 12.1. The predicted molar refractivity (Wildman–Crippen MR) is 140 cm³/mol. The number of benzene rings is 4. The number of allylic oxidation sites excluding steroid dienone is 1. The second-order valence-corrected chi connectivity index (χ2v) is 8.68. The van der Waals surface area contributed by atoms with Crippen LogP contribution < -0.4 is 24.7 Å². The van der Waals surface area contributed by atoms with E-state index in [0.29, 0.717) is 22.8 Å². The molecule has 194 valence electrons. The van der Waals surface area contributed by atoms with Crippen molar-refractivity contribution in [3.8, 4) is 29.1 Å². The van der Waals surface area contributed by atoms with Crippen molar-refractivity contribution in [2.24, 2.45) is 5.73 Å². The zero-order chi connectivity index (χ0) is 27.2. The van der Waals surface area contributed by atoms with Gasteiger partial charge < -0.3 is 24.7 Å². The number of carbonyl (C=O) groups excluding carboxylic acids is 1. The Kier molecular flexibility index (Phi) is 7.41. The fraction of sp³-hybridized carbons (Fsp3) is 0.0968. The van der Waals surface area contributed by atoms with Gasteiger partial charge in [-0.2, -0.15) is 5.26 Å². The number of nitriles is 1. The van der Waals surface area contributed by atoms with Crippen molar-refractivity contribution in [3.05, 3.63) is 131 Å². The first-order chi connectivity index (χ1) is 19.0. The van der Waals surface area contributed by atoms with Crippen molar-refractivity contribution >= 4 is 5.97 Å². The van der Waals surface area contributed by atoms with Gasteiger partial charge in [0.1, 0.15) is 47.1 Å². The number of para-hydroxylation sites is 1. The van der Waals surface area contributed by atoms with Gasteiger partial charge in [0.05, 0.1) is 5.92 Å². The maximum Gasteiger partial charge on any atom is 0.349 e. The van der Waals surface area contributed by atoms with Crippen molar-refractivity contribution in [2.75, 3.05) is 6.61 Å². The molecule has 0 saturated carbocycles. The molecule has 39 heavy (non-hydrogen) atoms. The molecule has 8 heteroatoms. The number of ether oxygens (including phenoxy) is 4. The summed E-state index contributed by atoms with van der Waals surface area (Å²) < 4.78 is 35.5. The molecule has 1 atom stereocenters. The van der Waals surface area contributed by atoms with Gasteiger partial charge in [0.25, 0.3) is 0 Å². The summed E-state index contributed by atoms with van der Waals surface area (Å²) >= 11 is 0. The third kappa shape index (κ3) is 6.00. The van der Waals surface area contributed by atoms with Crippen LogP contribution in [0.4, 0.5) is 4.39 Å². The standard InChI is InChI=1S/C31H23FN2O5/c32-22-10-6-20(7-11-22)18-36-24-12-8-21(9-13-24)30-26-15-14-25(16-28(26)39-31(34)27(30)17-33)38-29(35)19-37-23-4-2-1-3-5-23/h1-16,30H,18-19,34H2. The molecule has 1 unspecified atom stereocenters. The van der Waals surface area contributed by atoms with Crippen LogP contribution in [0, 0.1) is 17.1 Å². The van der Waals surface area contributed by atoms with E-state index in [0.717, 1.165) is 11.1 Å². The van der Waals surface area contributed by atoms with E-state index in [2.05, 4.69) is 6.07 Å². The van der Waals surface area contributed by atoms with Gasteiger partial charge in [-0.1, -0.05) is 48.5 Å². The third-order valence-electron chi connectivity index (χ3n) is 6.05. The number of nitrogens with zero attached hydrogens (tertiary/aromatic N) is 1. The zero-order valence-electron chi connectivity index (χ0n) is 20.7. The van der Waals surface area contributed by atoms with E-state index < -0.39 is 11.9 Å². The van der Waals surface area contributed by atoms with Crippen LogP contribution in [0.15, 0.2) is 109 Å². The quantitative estimate of drug-likeness (QED) is 0.237. The number of carbonyl (C=O) groups is 1. The van der Waals surface area contributed by atoms with Gasteiger partial charge in [-0.3, -0.25) is 0 Å². The van der Waals surface area contributed by atoms with Crippen LogP contribution in [0.5, 0.6) is 23.0 Å². The van der Waals surface area contributed by atoms with Crippen LogP contribution in [0.25, 0.3) is 0 Å². The van der Waals surface area contributed by atoms with Crippen LogP contribution in [0.1, 0.15) is 22.6 Å². The molecule has 4 aromatic carbocycles. The molecule has 0 spiro atoms. The molecule has 1 heterocycles. The summed E-state index contributed by atoms with van der Waals surface area (Å²) in [4.78, 5) is 12.3. The average molecular weight is 523 g/mol. The first-order valence-corrected chi connectivity index (χ1v) is 12.1. The van der Waals surface area contributed by atoms with Gasteiger partial charge in [0.2, 0.25) is 5.88 Å². The lowest BCUT2D eigenvalue weighted by Crippen LogP contribution is -2.21. The van der Waals surface area contributed by atoms with Crippen LogP contribution >= 0.6 is 0 Å². The lowest BCUT2D eigenvalue weighted by molar-refractivity contribution is -0.136. The van der Waals surface area contributed by atoms with Crippen molar-refractivity contribution in [1.82, 2.24) is 0 Å². The van der Waals surface area contributed by atoms with Crippen molar-refractivity contribution < 1.29 is 28.1 Å². The largest absolute Gasteiger partial charge is 0.489 e. The molecule has 1 aliphatic heterocycles. The maximum absolute atomic E-state index is 13.1. The lowest BCUT2D eigenvalue weighted by Gasteiger charge is -2.26. The molecule has 0 fully saturated rings. The third-order valence-corrected chi connectivity index (χ3v) is 6.05. The van der Waals surface area contributed by atoms with E-state index in [9.17, 15) is 14.4 Å². The summed E-state index contributed by atoms with van der Waals surface area (Å²) in [7, 11) is 0. The number of hydrogen-bond acceptors (Lipinski definition) is 7. The van der Waals surface area contributed by atoms with Crippen molar-refractivity contribution in [2.45, 2.75) is 12.5 Å². The summed E-state index contributed by atoms with van der Waals surface area (Å²) in [6, 6.07) is 29.4. The second kappa shape index (κ2) is 11.4. The Balaban J connectivity index is 1.30. The minimum atomic E-state index is -0.580. The summed E-state index contributed by atoms with van der Waals surface area (Å²) in [5.74, 6) is 0.407. The van der Waals surface area contributed by atoms with E-state index in [1.807, 2.05) is 18.2 Å². The van der Waals surface area contributed by atoms with E-state index >= 15 is 0 Å². The monoisotopic (exact) mass is 522 g/mol. The van der Waals surface area contributed by atoms with Crippen molar-refractivity contribution in [3.63, 3.8) is 0 Å². The molecule has 5 rings (SSSR count). The first kappa shape index (κ1) is 25.4. The second-order valence-electron chi connectivity index (χ2n) is 8.68. The highest BCUT2D eigenvalue weighted by Crippen LogP contribution is 2.43. The van der Waals surface area contributed by atoms with Gasteiger partial charge in [-0.15, -0.1) is 0 Å². The summed E-state index contributed by atoms with van der Waals surface area (Å²) in [5, 5.41) is 9.83. The molecule has 4 aromatic rings. The SMILES string of the molecule is N#CC1=C(N)Oc2cc(OC(=O)COc3ccccc3)ccc2C1c1ccc(OCc2ccc(F)cc2)cc1. The molecule has 7 nitrogen and oxygen atoms in total. The summed E-state index contributed by atoms with van der Waals surface area (Å²) in [6.07, 6.45) is 0.